The molecule has 0 heterocycles. The van der Waals surface area contributed by atoms with Gasteiger partial charge >= 0.3 is 0 Å². The van der Waals surface area contributed by atoms with Crippen molar-refractivity contribution in [2.75, 3.05) is 0 Å². The summed E-state index contributed by atoms with van der Waals surface area (Å²) in [6, 6.07) is 0. The highest BCUT2D eigenvalue weighted by Gasteiger charge is 2.53. The molecular formula is C6H12O4S. The topological polar surface area (TPSA) is 74.6 Å². The molecule has 11 heavy (non-hydrogen) atoms. The molecule has 0 amide bonds. The lowest BCUT2D eigenvalue weighted by Crippen LogP contribution is -2.23. The van der Waals surface area contributed by atoms with Gasteiger partial charge in [-0.15, -0.1) is 0 Å². The third-order valence-electron chi connectivity index (χ3n) is 2.24. The SMILES string of the molecule is CC1(C)CC1C(O)S(=O)(=O)O. The first-order chi connectivity index (χ1) is 4.75. The van der Waals surface area contributed by atoms with Crippen LogP contribution >= 0.6 is 0 Å². The van der Waals surface area contributed by atoms with Crippen molar-refractivity contribution in [3.8, 4) is 0 Å². The van der Waals surface area contributed by atoms with Crippen LogP contribution in [0.3, 0.4) is 0 Å². The van der Waals surface area contributed by atoms with E-state index in [9.17, 15) is 8.42 Å². The van der Waals surface area contributed by atoms with Gasteiger partial charge in [0.05, 0.1) is 0 Å². The molecule has 1 fully saturated rings. The van der Waals surface area contributed by atoms with Gasteiger partial charge in [0.1, 0.15) is 0 Å². The molecule has 5 heteroatoms. The average Bonchev–Trinajstić information content (AvgIpc) is 2.36. The largest absolute Gasteiger partial charge is 0.375 e. The average molecular weight is 180 g/mol. The minimum Gasteiger partial charge on any atom is -0.375 e. The molecule has 0 bridgehead atoms. The lowest BCUT2D eigenvalue weighted by molar-refractivity contribution is 0.196. The second-order valence-electron chi connectivity index (χ2n) is 3.70. The van der Waals surface area contributed by atoms with Gasteiger partial charge in [-0.25, -0.2) is 0 Å². The van der Waals surface area contributed by atoms with Crippen LogP contribution in [0.5, 0.6) is 0 Å². The van der Waals surface area contributed by atoms with Gasteiger partial charge in [0, 0.05) is 5.92 Å². The van der Waals surface area contributed by atoms with E-state index in [2.05, 4.69) is 0 Å². The molecule has 0 aliphatic heterocycles. The van der Waals surface area contributed by atoms with Crippen LogP contribution in [0.25, 0.3) is 0 Å². The molecule has 0 aromatic carbocycles. The van der Waals surface area contributed by atoms with E-state index in [1.165, 1.54) is 0 Å². The fourth-order valence-corrected chi connectivity index (χ4v) is 2.08. The quantitative estimate of drug-likeness (QED) is 0.597. The van der Waals surface area contributed by atoms with Crippen LogP contribution < -0.4 is 0 Å². The molecule has 1 rings (SSSR count). The van der Waals surface area contributed by atoms with Crippen molar-refractivity contribution in [3.63, 3.8) is 0 Å². The second kappa shape index (κ2) is 2.18. The Labute approximate surface area is 66.0 Å². The third-order valence-corrected chi connectivity index (χ3v) is 3.18. The van der Waals surface area contributed by atoms with E-state index in [0.29, 0.717) is 6.42 Å². The monoisotopic (exact) mass is 180 g/mol. The Morgan fingerprint density at radius 3 is 2.00 bits per heavy atom. The lowest BCUT2D eigenvalue weighted by Gasteiger charge is -2.07. The van der Waals surface area contributed by atoms with Crippen LogP contribution in [0.2, 0.25) is 0 Å². The summed E-state index contributed by atoms with van der Waals surface area (Å²) in [5.74, 6) is -0.308. The molecule has 66 valence electrons. The number of hydrogen-bond donors (Lipinski definition) is 2. The summed E-state index contributed by atoms with van der Waals surface area (Å²) in [6.07, 6.45) is 0.647. The Balaban J connectivity index is 2.67. The Kier molecular flexibility index (Phi) is 1.78. The minimum absolute atomic E-state index is 0.144. The van der Waals surface area contributed by atoms with Gasteiger partial charge in [-0.3, -0.25) is 4.55 Å². The first-order valence-corrected chi connectivity index (χ1v) is 4.90. The van der Waals surface area contributed by atoms with Crippen molar-refractivity contribution in [3.05, 3.63) is 0 Å². The molecule has 1 aliphatic carbocycles. The summed E-state index contributed by atoms with van der Waals surface area (Å²) in [7, 11) is -4.26. The Hall–Kier alpha value is -0.130. The minimum atomic E-state index is -4.26. The highest BCUT2D eigenvalue weighted by molar-refractivity contribution is 7.86. The van der Waals surface area contributed by atoms with E-state index in [1.54, 1.807) is 0 Å². The normalized spacial score (nSPS) is 31.5. The van der Waals surface area contributed by atoms with Gasteiger partial charge in [0.2, 0.25) is 0 Å². The molecule has 4 nitrogen and oxygen atoms in total. The van der Waals surface area contributed by atoms with Gasteiger partial charge in [0.15, 0.2) is 5.44 Å². The maximum absolute atomic E-state index is 10.4. The fraction of sp³-hybridized carbons (Fsp3) is 1.00. The fourth-order valence-electron chi connectivity index (χ4n) is 1.20. The van der Waals surface area contributed by atoms with Crippen molar-refractivity contribution in [1.29, 1.82) is 0 Å². The molecule has 0 radical (unpaired) electrons. The Morgan fingerprint density at radius 2 is 1.91 bits per heavy atom. The van der Waals surface area contributed by atoms with Crippen LogP contribution in [0.15, 0.2) is 0 Å². The molecule has 0 saturated heterocycles. The van der Waals surface area contributed by atoms with E-state index in [0.717, 1.165) is 0 Å². The number of aliphatic hydroxyl groups excluding tert-OH is 1. The third kappa shape index (κ3) is 1.72. The highest BCUT2D eigenvalue weighted by Crippen LogP contribution is 2.54. The van der Waals surface area contributed by atoms with E-state index in [4.69, 9.17) is 9.66 Å². The predicted molar refractivity (Wildman–Crippen MR) is 39.4 cm³/mol. The Morgan fingerprint density at radius 1 is 1.55 bits per heavy atom. The zero-order chi connectivity index (χ0) is 8.86. The standard InChI is InChI=1S/C6H12O4S/c1-6(2)3-4(6)5(7)11(8,9)10/h4-5,7H,3H2,1-2H3,(H,8,9,10). The van der Waals surface area contributed by atoms with Crippen molar-refractivity contribution in [1.82, 2.24) is 0 Å². The van der Waals surface area contributed by atoms with Crippen LogP contribution in [0.4, 0.5) is 0 Å². The van der Waals surface area contributed by atoms with Gasteiger partial charge in [-0.2, -0.15) is 8.42 Å². The van der Waals surface area contributed by atoms with Crippen molar-refractivity contribution < 1.29 is 18.1 Å². The molecule has 1 aliphatic rings. The van der Waals surface area contributed by atoms with Crippen LogP contribution in [0, 0.1) is 11.3 Å². The zero-order valence-electron chi connectivity index (χ0n) is 6.48. The second-order valence-corrected chi connectivity index (χ2v) is 5.22. The van der Waals surface area contributed by atoms with Gasteiger partial charge in [0.25, 0.3) is 10.1 Å². The first kappa shape index (κ1) is 8.96. The van der Waals surface area contributed by atoms with Gasteiger partial charge in [-0.1, -0.05) is 13.8 Å². The molecule has 2 N–H and O–H groups in total. The van der Waals surface area contributed by atoms with Crippen LogP contribution in [-0.2, 0) is 10.1 Å². The lowest BCUT2D eigenvalue weighted by atomic mass is 10.1. The molecule has 0 aromatic rings. The summed E-state index contributed by atoms with van der Waals surface area (Å²) >= 11 is 0. The molecule has 2 unspecified atom stereocenters. The smallest absolute Gasteiger partial charge is 0.292 e. The predicted octanol–water partition coefficient (Wildman–Crippen LogP) is 0.239. The van der Waals surface area contributed by atoms with E-state index in [-0.39, 0.29) is 11.3 Å². The van der Waals surface area contributed by atoms with Gasteiger partial charge < -0.3 is 5.11 Å². The van der Waals surface area contributed by atoms with Crippen molar-refractivity contribution >= 4 is 10.1 Å². The van der Waals surface area contributed by atoms with E-state index >= 15 is 0 Å². The summed E-state index contributed by atoms with van der Waals surface area (Å²) in [6.45, 7) is 3.71. The van der Waals surface area contributed by atoms with E-state index in [1.807, 2.05) is 13.8 Å². The summed E-state index contributed by atoms with van der Waals surface area (Å²) in [4.78, 5) is 0. The van der Waals surface area contributed by atoms with E-state index < -0.39 is 15.6 Å². The van der Waals surface area contributed by atoms with Gasteiger partial charge in [-0.05, 0) is 11.8 Å². The van der Waals surface area contributed by atoms with Crippen LogP contribution in [-0.4, -0.2) is 23.5 Å². The zero-order valence-corrected chi connectivity index (χ0v) is 7.30. The molecule has 2 atom stereocenters. The van der Waals surface area contributed by atoms with Crippen molar-refractivity contribution in [2.45, 2.75) is 25.7 Å². The summed E-state index contributed by atoms with van der Waals surface area (Å²) in [5, 5.41) is 9.02. The maximum Gasteiger partial charge on any atom is 0.292 e. The molecular weight excluding hydrogens is 168 g/mol. The number of rotatable bonds is 2. The maximum atomic E-state index is 10.4. The summed E-state index contributed by atoms with van der Waals surface area (Å²) in [5.41, 5.74) is -1.74. The van der Waals surface area contributed by atoms with Crippen molar-refractivity contribution in [2.24, 2.45) is 11.3 Å². The number of hydrogen-bond acceptors (Lipinski definition) is 3. The van der Waals surface area contributed by atoms with Crippen LogP contribution in [0.1, 0.15) is 20.3 Å². The molecule has 1 saturated carbocycles. The molecule has 0 spiro atoms. The Bertz CT molecular complexity index is 254. The number of aliphatic hydroxyl groups is 1. The summed E-state index contributed by atoms with van der Waals surface area (Å²) < 4.78 is 29.3. The highest BCUT2D eigenvalue weighted by atomic mass is 32.2. The molecule has 0 aromatic heterocycles. The first-order valence-electron chi connectivity index (χ1n) is 3.39.